The normalized spacial score (nSPS) is 34.8. The number of rotatable bonds is 1. The Morgan fingerprint density at radius 1 is 1.17 bits per heavy atom. The van der Waals surface area contributed by atoms with E-state index in [1.54, 1.807) is 11.1 Å². The van der Waals surface area contributed by atoms with Crippen LogP contribution in [-0.2, 0) is 12.8 Å². The molecule has 0 nitrogen and oxygen atoms in total. The summed E-state index contributed by atoms with van der Waals surface area (Å²) >= 11 is 0. The molecule has 0 bridgehead atoms. The molecule has 4 atom stereocenters. The fraction of sp³-hybridized carbons (Fsp3) is 0.652. The molecule has 0 aromatic heterocycles. The second-order valence-electron chi connectivity index (χ2n) is 8.44. The first-order valence-electron chi connectivity index (χ1n) is 9.74. The molecule has 3 aliphatic rings. The average molecular weight is 306 g/mol. The highest BCUT2D eigenvalue weighted by atomic mass is 14.5. The number of benzene rings is 1. The van der Waals surface area contributed by atoms with Crippen LogP contribution in [0.1, 0.15) is 87.5 Å². The van der Waals surface area contributed by atoms with E-state index in [1.807, 2.05) is 6.92 Å². The van der Waals surface area contributed by atoms with Crippen LogP contribution in [0, 0.1) is 29.1 Å². The van der Waals surface area contributed by atoms with Gasteiger partial charge in [0.05, 0.1) is 0 Å². The van der Waals surface area contributed by atoms with E-state index in [-0.39, 0.29) is 0 Å². The maximum absolute atomic E-state index is 3.38. The van der Waals surface area contributed by atoms with Gasteiger partial charge in [-0.2, -0.15) is 0 Å². The fourth-order valence-corrected chi connectivity index (χ4v) is 6.21. The van der Waals surface area contributed by atoms with Crippen LogP contribution in [0.5, 0.6) is 0 Å². The van der Waals surface area contributed by atoms with E-state index >= 15 is 0 Å². The Morgan fingerprint density at radius 3 is 2.83 bits per heavy atom. The van der Waals surface area contributed by atoms with Crippen molar-refractivity contribution >= 4 is 0 Å². The van der Waals surface area contributed by atoms with Crippen LogP contribution < -0.4 is 0 Å². The van der Waals surface area contributed by atoms with Crippen molar-refractivity contribution in [3.8, 4) is 11.8 Å². The summed E-state index contributed by atoms with van der Waals surface area (Å²) in [6.45, 7) is 6.82. The van der Waals surface area contributed by atoms with Crippen molar-refractivity contribution in [3.05, 3.63) is 34.4 Å². The summed E-state index contributed by atoms with van der Waals surface area (Å²) in [7, 11) is 0. The minimum absolute atomic E-state index is 0.661. The SMILES string of the molecule is CC#Cc1cc2c(cc1CC)CCC1C2CCC2(C)CCCC12. The Morgan fingerprint density at radius 2 is 2.04 bits per heavy atom. The van der Waals surface area contributed by atoms with Crippen LogP contribution >= 0.6 is 0 Å². The molecular formula is C23H30. The first-order chi connectivity index (χ1) is 11.2. The molecule has 0 heterocycles. The monoisotopic (exact) mass is 306 g/mol. The molecule has 1 aromatic rings. The highest BCUT2D eigenvalue weighted by Crippen LogP contribution is 2.60. The van der Waals surface area contributed by atoms with Gasteiger partial charge in [0.2, 0.25) is 0 Å². The zero-order valence-corrected chi connectivity index (χ0v) is 15.0. The third-order valence-corrected chi connectivity index (χ3v) is 7.37. The maximum atomic E-state index is 3.38. The quantitative estimate of drug-likeness (QED) is 0.569. The second-order valence-corrected chi connectivity index (χ2v) is 8.44. The molecule has 1 aromatic carbocycles. The van der Waals surface area contributed by atoms with Gasteiger partial charge in [-0.05, 0) is 97.8 Å². The van der Waals surface area contributed by atoms with Gasteiger partial charge >= 0.3 is 0 Å². The van der Waals surface area contributed by atoms with Crippen LogP contribution in [0.3, 0.4) is 0 Å². The zero-order valence-electron chi connectivity index (χ0n) is 15.0. The van der Waals surface area contributed by atoms with E-state index in [0.29, 0.717) is 5.41 Å². The molecule has 0 heteroatoms. The first kappa shape index (κ1) is 15.3. The molecule has 4 rings (SSSR count). The van der Waals surface area contributed by atoms with Gasteiger partial charge in [-0.1, -0.05) is 32.3 Å². The summed E-state index contributed by atoms with van der Waals surface area (Å²) in [6.07, 6.45) is 11.1. The largest absolute Gasteiger partial charge is 0.101 e. The van der Waals surface area contributed by atoms with Gasteiger partial charge in [-0.3, -0.25) is 0 Å². The van der Waals surface area contributed by atoms with E-state index in [4.69, 9.17) is 0 Å². The van der Waals surface area contributed by atoms with E-state index in [1.165, 1.54) is 56.1 Å². The summed E-state index contributed by atoms with van der Waals surface area (Å²) in [5.74, 6) is 9.26. The number of hydrogen-bond acceptors (Lipinski definition) is 0. The Hall–Kier alpha value is -1.22. The van der Waals surface area contributed by atoms with Crippen molar-refractivity contribution in [3.63, 3.8) is 0 Å². The average Bonchev–Trinajstić information content (AvgIpc) is 2.96. The molecule has 122 valence electrons. The lowest BCUT2D eigenvalue weighted by Crippen LogP contribution is -2.39. The van der Waals surface area contributed by atoms with Gasteiger partial charge in [-0.15, -0.1) is 5.92 Å². The third kappa shape index (κ3) is 2.36. The van der Waals surface area contributed by atoms with E-state index in [2.05, 4.69) is 37.8 Å². The Labute approximate surface area is 142 Å². The van der Waals surface area contributed by atoms with Crippen molar-refractivity contribution in [2.45, 2.75) is 78.1 Å². The fourth-order valence-electron chi connectivity index (χ4n) is 6.21. The van der Waals surface area contributed by atoms with Gasteiger partial charge in [0.25, 0.3) is 0 Å². The highest BCUT2D eigenvalue weighted by Gasteiger charge is 2.50. The van der Waals surface area contributed by atoms with E-state index in [0.717, 1.165) is 24.2 Å². The molecule has 0 saturated heterocycles. The van der Waals surface area contributed by atoms with Gasteiger partial charge in [0.15, 0.2) is 0 Å². The van der Waals surface area contributed by atoms with Gasteiger partial charge in [0, 0.05) is 5.56 Å². The summed E-state index contributed by atoms with van der Waals surface area (Å²) in [4.78, 5) is 0. The van der Waals surface area contributed by atoms with Crippen LogP contribution in [0.15, 0.2) is 12.1 Å². The summed E-state index contributed by atoms with van der Waals surface area (Å²) in [5.41, 5.74) is 6.73. The van der Waals surface area contributed by atoms with Gasteiger partial charge in [-0.25, -0.2) is 0 Å². The molecule has 0 amide bonds. The van der Waals surface area contributed by atoms with Crippen LogP contribution in [-0.4, -0.2) is 0 Å². The number of fused-ring (bicyclic) bond motifs is 5. The van der Waals surface area contributed by atoms with E-state index in [9.17, 15) is 0 Å². The Kier molecular flexibility index (Phi) is 3.79. The molecule has 2 saturated carbocycles. The predicted molar refractivity (Wildman–Crippen MR) is 97.6 cm³/mol. The molecule has 23 heavy (non-hydrogen) atoms. The van der Waals surface area contributed by atoms with Crippen molar-refractivity contribution in [1.29, 1.82) is 0 Å². The first-order valence-corrected chi connectivity index (χ1v) is 9.74. The Bertz CT molecular complexity index is 671. The van der Waals surface area contributed by atoms with Crippen LogP contribution in [0.2, 0.25) is 0 Å². The molecule has 0 radical (unpaired) electrons. The van der Waals surface area contributed by atoms with Crippen LogP contribution in [0.25, 0.3) is 0 Å². The molecule has 3 aliphatic carbocycles. The van der Waals surface area contributed by atoms with Gasteiger partial charge < -0.3 is 0 Å². The topological polar surface area (TPSA) is 0 Å². The molecule has 0 spiro atoms. The highest BCUT2D eigenvalue weighted by molar-refractivity contribution is 5.49. The van der Waals surface area contributed by atoms with Crippen LogP contribution in [0.4, 0.5) is 0 Å². The van der Waals surface area contributed by atoms with Crippen molar-refractivity contribution in [2.24, 2.45) is 17.3 Å². The molecule has 0 aliphatic heterocycles. The van der Waals surface area contributed by atoms with Crippen molar-refractivity contribution < 1.29 is 0 Å². The number of hydrogen-bond donors (Lipinski definition) is 0. The molecule has 2 fully saturated rings. The standard InChI is InChI=1S/C23H30/c1-4-7-17-15-21-18(14-16(17)5-2)9-10-20-19(21)11-13-23(3)12-6-8-22(20)23/h14-15,19-20,22H,5-6,8-13H2,1-3H3. The predicted octanol–water partition coefficient (Wildman–Crippen LogP) is 5.87. The smallest absolute Gasteiger partial charge is 0.0280 e. The third-order valence-electron chi connectivity index (χ3n) is 7.37. The summed E-state index contributed by atoms with van der Waals surface area (Å²) < 4.78 is 0. The lowest BCUT2D eigenvalue weighted by molar-refractivity contribution is 0.0598. The Balaban J connectivity index is 1.75. The summed E-state index contributed by atoms with van der Waals surface area (Å²) in [5, 5.41) is 0. The summed E-state index contributed by atoms with van der Waals surface area (Å²) in [6, 6.07) is 4.98. The molecular weight excluding hydrogens is 276 g/mol. The molecule has 0 N–H and O–H groups in total. The zero-order chi connectivity index (χ0) is 16.0. The lowest BCUT2D eigenvalue weighted by Gasteiger charge is -2.49. The maximum Gasteiger partial charge on any atom is 0.0280 e. The number of aryl methyl sites for hydroxylation is 2. The van der Waals surface area contributed by atoms with E-state index < -0.39 is 0 Å². The second kappa shape index (κ2) is 5.70. The van der Waals surface area contributed by atoms with Gasteiger partial charge in [0.1, 0.15) is 0 Å². The van der Waals surface area contributed by atoms with Crippen molar-refractivity contribution in [2.75, 3.05) is 0 Å². The molecule has 4 unspecified atom stereocenters. The minimum Gasteiger partial charge on any atom is -0.101 e. The van der Waals surface area contributed by atoms with Crippen molar-refractivity contribution in [1.82, 2.24) is 0 Å². The minimum atomic E-state index is 0.661. The lowest BCUT2D eigenvalue weighted by atomic mass is 9.55.